The van der Waals surface area contributed by atoms with Gasteiger partial charge in [-0.15, -0.1) is 0 Å². The summed E-state index contributed by atoms with van der Waals surface area (Å²) in [4.78, 5) is 5.74. The lowest BCUT2D eigenvalue weighted by molar-refractivity contribution is -0.0373. The van der Waals surface area contributed by atoms with Crippen molar-refractivity contribution in [3.05, 3.63) is 65.2 Å². The van der Waals surface area contributed by atoms with Crippen molar-refractivity contribution in [1.29, 1.82) is 0 Å². The molecule has 5 heteroatoms. The average molecular weight is 351 g/mol. The fourth-order valence-corrected chi connectivity index (χ4v) is 3.93. The molecule has 1 atom stereocenters. The lowest BCUT2D eigenvalue weighted by Gasteiger charge is -2.16. The molecule has 134 valence electrons. The zero-order valence-corrected chi connectivity index (χ0v) is 14.4. The highest BCUT2D eigenvalue weighted by molar-refractivity contribution is 5.68. The van der Waals surface area contributed by atoms with Gasteiger partial charge in [0.2, 0.25) is 0 Å². The number of fused-ring (bicyclic) bond motifs is 1. The maximum Gasteiger partial charge on any atom is 0.162 e. The minimum atomic E-state index is -0.374. The molecule has 0 saturated carbocycles. The van der Waals surface area contributed by atoms with Gasteiger partial charge in [-0.2, -0.15) is 0 Å². The highest BCUT2D eigenvalue weighted by atomic mass is 16.7. The van der Waals surface area contributed by atoms with Crippen LogP contribution in [0.1, 0.15) is 23.1 Å². The van der Waals surface area contributed by atoms with Crippen LogP contribution in [0, 0.1) is 0 Å². The Balaban J connectivity index is 1.37. The number of benzene rings is 2. The molecular weight excluding hydrogens is 330 g/mol. The molecule has 1 aliphatic carbocycles. The van der Waals surface area contributed by atoms with Crippen LogP contribution < -0.4 is 10.2 Å². The fraction of sp³-hybridized carbons (Fsp3) is 0.333. The first-order valence-corrected chi connectivity index (χ1v) is 9.02. The number of rotatable bonds is 3. The Hall–Kier alpha value is -2.50. The molecule has 1 fully saturated rings. The molecule has 2 heterocycles. The molecular formula is C21H21NO4. The molecule has 0 aromatic heterocycles. The van der Waals surface area contributed by atoms with Crippen LogP contribution in [0.15, 0.2) is 48.5 Å². The van der Waals surface area contributed by atoms with Crippen molar-refractivity contribution in [1.82, 2.24) is 5.48 Å². The van der Waals surface area contributed by atoms with E-state index in [9.17, 15) is 5.11 Å². The van der Waals surface area contributed by atoms with E-state index in [0.29, 0.717) is 19.0 Å². The van der Waals surface area contributed by atoms with E-state index in [1.165, 1.54) is 11.1 Å². The molecule has 2 N–H and O–H groups in total. The summed E-state index contributed by atoms with van der Waals surface area (Å²) in [6.07, 6.45) is 4.69. The van der Waals surface area contributed by atoms with Gasteiger partial charge in [0.15, 0.2) is 11.5 Å². The Kier molecular flexibility index (Phi) is 3.65. The van der Waals surface area contributed by atoms with Gasteiger partial charge in [0, 0.05) is 31.4 Å². The lowest BCUT2D eigenvalue weighted by atomic mass is 10.0. The van der Waals surface area contributed by atoms with Gasteiger partial charge in [-0.3, -0.25) is 10.3 Å². The van der Waals surface area contributed by atoms with Crippen LogP contribution in [0.4, 0.5) is 0 Å². The van der Waals surface area contributed by atoms with Gasteiger partial charge < -0.3 is 14.6 Å². The van der Waals surface area contributed by atoms with E-state index in [0.717, 1.165) is 30.5 Å². The predicted octanol–water partition coefficient (Wildman–Crippen LogP) is 2.97. The number of hydrogen-bond acceptors (Lipinski definition) is 5. The fourth-order valence-electron chi connectivity index (χ4n) is 3.93. The van der Waals surface area contributed by atoms with Crippen LogP contribution in [0.2, 0.25) is 0 Å². The van der Waals surface area contributed by atoms with E-state index in [-0.39, 0.29) is 17.5 Å². The Morgan fingerprint density at radius 3 is 2.65 bits per heavy atom. The van der Waals surface area contributed by atoms with Gasteiger partial charge in [0.05, 0.1) is 12.3 Å². The summed E-state index contributed by atoms with van der Waals surface area (Å²) in [5.74, 6) is 0.662. The molecule has 1 spiro atoms. The Bertz CT molecular complexity index is 845. The first kappa shape index (κ1) is 15.7. The molecule has 3 aliphatic rings. The Labute approximate surface area is 152 Å². The third-order valence-corrected chi connectivity index (χ3v) is 5.37. The van der Waals surface area contributed by atoms with Crippen LogP contribution >= 0.6 is 0 Å². The normalized spacial score (nSPS) is 24.5. The Morgan fingerprint density at radius 2 is 1.92 bits per heavy atom. The summed E-state index contributed by atoms with van der Waals surface area (Å²) in [6.45, 7) is 1.27. The van der Waals surface area contributed by atoms with E-state index < -0.39 is 0 Å². The zero-order chi connectivity index (χ0) is 17.6. The second kappa shape index (κ2) is 6.04. The molecule has 1 saturated heterocycles. The van der Waals surface area contributed by atoms with E-state index in [4.69, 9.17) is 14.3 Å². The summed E-state index contributed by atoms with van der Waals surface area (Å²) in [7, 11) is 0. The second-order valence-corrected chi connectivity index (χ2v) is 7.23. The number of nitrogens with one attached hydrogen (secondary N) is 1. The van der Waals surface area contributed by atoms with Crippen LogP contribution in [-0.4, -0.2) is 30.0 Å². The monoisotopic (exact) mass is 351 g/mol. The summed E-state index contributed by atoms with van der Waals surface area (Å²) in [5.41, 5.74) is 7.09. The van der Waals surface area contributed by atoms with Gasteiger partial charge in [-0.25, -0.2) is 0 Å². The summed E-state index contributed by atoms with van der Waals surface area (Å²) in [6, 6.07) is 13.8. The predicted molar refractivity (Wildman–Crippen MR) is 96.7 cm³/mol. The average Bonchev–Trinajstić information content (AvgIpc) is 3.37. The number of hydroxylamine groups is 1. The SMILES string of the molecule is Oc1ccc(C2=CC3(CCOC3)ON2)cc1OC1Cc2ccccc2C1. The molecule has 2 aromatic rings. The standard InChI is InChI=1S/C21H21NO4/c23-19-6-5-16(18-12-21(26-22-18)7-8-24-13-21)11-20(19)25-17-9-14-3-1-2-4-15(14)10-17/h1-6,11-12,17,22-23H,7-10,13H2. The number of hydrogen-bond donors (Lipinski definition) is 2. The van der Waals surface area contributed by atoms with Crippen molar-refractivity contribution in [2.75, 3.05) is 13.2 Å². The zero-order valence-electron chi connectivity index (χ0n) is 14.4. The number of phenols is 1. The van der Waals surface area contributed by atoms with Crippen molar-refractivity contribution >= 4 is 5.70 Å². The maximum atomic E-state index is 10.2. The van der Waals surface area contributed by atoms with Crippen molar-refractivity contribution in [3.63, 3.8) is 0 Å². The van der Waals surface area contributed by atoms with Gasteiger partial charge in [0.1, 0.15) is 11.7 Å². The van der Waals surface area contributed by atoms with Crippen molar-refractivity contribution < 1.29 is 19.4 Å². The Morgan fingerprint density at radius 1 is 1.12 bits per heavy atom. The molecule has 5 nitrogen and oxygen atoms in total. The van der Waals surface area contributed by atoms with Crippen LogP contribution in [-0.2, 0) is 22.4 Å². The molecule has 26 heavy (non-hydrogen) atoms. The molecule has 0 radical (unpaired) electrons. The van der Waals surface area contributed by atoms with Crippen molar-refractivity contribution in [3.8, 4) is 11.5 Å². The first-order chi connectivity index (χ1) is 12.7. The molecule has 0 bridgehead atoms. The highest BCUT2D eigenvalue weighted by Gasteiger charge is 2.39. The summed E-state index contributed by atoms with van der Waals surface area (Å²) in [5, 5.41) is 10.2. The third kappa shape index (κ3) is 2.73. The van der Waals surface area contributed by atoms with Gasteiger partial charge in [-0.1, -0.05) is 24.3 Å². The summed E-state index contributed by atoms with van der Waals surface area (Å²) >= 11 is 0. The van der Waals surface area contributed by atoms with Crippen LogP contribution in [0.25, 0.3) is 5.70 Å². The second-order valence-electron chi connectivity index (χ2n) is 7.23. The van der Waals surface area contributed by atoms with Gasteiger partial charge in [-0.05, 0) is 35.4 Å². The number of phenolic OH excluding ortho intramolecular Hbond substituents is 1. The van der Waals surface area contributed by atoms with E-state index in [2.05, 4.69) is 35.8 Å². The minimum Gasteiger partial charge on any atom is -0.504 e. The quantitative estimate of drug-likeness (QED) is 0.890. The van der Waals surface area contributed by atoms with Crippen molar-refractivity contribution in [2.24, 2.45) is 0 Å². The van der Waals surface area contributed by atoms with E-state index in [1.807, 2.05) is 12.1 Å². The lowest BCUT2D eigenvalue weighted by Crippen LogP contribution is -2.29. The molecule has 2 aromatic carbocycles. The van der Waals surface area contributed by atoms with Crippen molar-refractivity contribution in [2.45, 2.75) is 31.0 Å². The molecule has 0 amide bonds. The molecule has 2 aliphatic heterocycles. The van der Waals surface area contributed by atoms with Crippen LogP contribution in [0.5, 0.6) is 11.5 Å². The smallest absolute Gasteiger partial charge is 0.162 e. The maximum absolute atomic E-state index is 10.2. The van der Waals surface area contributed by atoms with Gasteiger partial charge in [0.25, 0.3) is 0 Å². The highest BCUT2D eigenvalue weighted by Crippen LogP contribution is 2.36. The van der Waals surface area contributed by atoms with Gasteiger partial charge >= 0.3 is 0 Å². The molecule has 1 unspecified atom stereocenters. The van der Waals surface area contributed by atoms with E-state index in [1.54, 1.807) is 6.07 Å². The first-order valence-electron chi connectivity index (χ1n) is 9.02. The largest absolute Gasteiger partial charge is 0.504 e. The third-order valence-electron chi connectivity index (χ3n) is 5.37. The van der Waals surface area contributed by atoms with E-state index >= 15 is 0 Å². The molecule has 5 rings (SSSR count). The number of ether oxygens (including phenoxy) is 2. The summed E-state index contributed by atoms with van der Waals surface area (Å²) < 4.78 is 11.6. The topological polar surface area (TPSA) is 60.0 Å². The number of aromatic hydroxyl groups is 1. The minimum absolute atomic E-state index is 0.0462. The van der Waals surface area contributed by atoms with Crippen LogP contribution in [0.3, 0.4) is 0 Å².